The highest BCUT2D eigenvalue weighted by atomic mass is 79.9. The van der Waals surface area contributed by atoms with E-state index in [0.717, 1.165) is 16.8 Å². The Bertz CT molecular complexity index is 475. The van der Waals surface area contributed by atoms with Crippen molar-refractivity contribution in [1.82, 2.24) is 4.90 Å². The van der Waals surface area contributed by atoms with Gasteiger partial charge in [0, 0.05) is 19.1 Å². The van der Waals surface area contributed by atoms with Crippen LogP contribution in [0.5, 0.6) is 5.75 Å². The molecule has 0 aromatic heterocycles. The van der Waals surface area contributed by atoms with Crippen LogP contribution in [-0.2, 0) is 6.54 Å². The molecular formula is C15H21BrN2OS. The fourth-order valence-corrected chi connectivity index (χ4v) is 3.58. The number of ether oxygens (including phenoxy) is 1. The van der Waals surface area contributed by atoms with Gasteiger partial charge in [-0.2, -0.15) is 0 Å². The van der Waals surface area contributed by atoms with Gasteiger partial charge in [0.15, 0.2) is 0 Å². The second-order valence-corrected chi connectivity index (χ2v) is 6.66. The number of hydrogen-bond donors (Lipinski definition) is 1. The maximum absolute atomic E-state index is 5.75. The topological polar surface area (TPSA) is 38.5 Å². The molecule has 0 unspecified atom stereocenters. The zero-order valence-electron chi connectivity index (χ0n) is 11.8. The number of nitrogens with two attached hydrogens (primary N) is 1. The number of thiocarbonyl (C=S) groups is 1. The predicted octanol–water partition coefficient (Wildman–Crippen LogP) is 3.49. The van der Waals surface area contributed by atoms with Gasteiger partial charge < -0.3 is 10.5 Å². The van der Waals surface area contributed by atoms with Gasteiger partial charge in [0.05, 0.1) is 16.6 Å². The van der Waals surface area contributed by atoms with Crippen LogP contribution in [0.15, 0.2) is 22.7 Å². The zero-order chi connectivity index (χ0) is 14.5. The molecular weight excluding hydrogens is 336 g/mol. The number of halogens is 1. The summed E-state index contributed by atoms with van der Waals surface area (Å²) < 4.78 is 6.25. The quantitative estimate of drug-likeness (QED) is 0.791. The summed E-state index contributed by atoms with van der Waals surface area (Å²) >= 11 is 8.63. The van der Waals surface area contributed by atoms with Crippen LogP contribution in [0.3, 0.4) is 0 Å². The first-order valence-corrected chi connectivity index (χ1v) is 8.15. The summed E-state index contributed by atoms with van der Waals surface area (Å²) in [6, 6.07) is 6.82. The van der Waals surface area contributed by atoms with E-state index in [9.17, 15) is 0 Å². The first kappa shape index (κ1) is 15.7. The summed E-state index contributed by atoms with van der Waals surface area (Å²) in [5.41, 5.74) is 7.00. The number of benzene rings is 1. The standard InChI is InChI=1S/C15H21BrN2OS/c1-19-14-7-6-11(8-13(14)16)9-18(10-15(17)20)12-4-2-3-5-12/h6-8,12H,2-5,9-10H2,1H3,(H2,17,20). The van der Waals surface area contributed by atoms with E-state index in [1.165, 1.54) is 31.2 Å². The van der Waals surface area contributed by atoms with E-state index >= 15 is 0 Å². The Hall–Kier alpha value is -0.650. The Kier molecular flexibility index (Phi) is 5.81. The van der Waals surface area contributed by atoms with Gasteiger partial charge in [-0.3, -0.25) is 4.90 Å². The Balaban J connectivity index is 2.10. The Morgan fingerprint density at radius 1 is 1.45 bits per heavy atom. The van der Waals surface area contributed by atoms with Crippen LogP contribution in [0.2, 0.25) is 0 Å². The lowest BCUT2D eigenvalue weighted by Crippen LogP contribution is -2.38. The smallest absolute Gasteiger partial charge is 0.133 e. The lowest BCUT2D eigenvalue weighted by atomic mass is 10.1. The Labute approximate surface area is 134 Å². The number of rotatable bonds is 6. The van der Waals surface area contributed by atoms with Gasteiger partial charge in [0.25, 0.3) is 0 Å². The SMILES string of the molecule is COc1ccc(CN(CC(N)=S)C2CCCC2)cc1Br. The molecule has 1 aliphatic rings. The van der Waals surface area contributed by atoms with E-state index in [0.29, 0.717) is 17.6 Å². The van der Waals surface area contributed by atoms with Gasteiger partial charge in [-0.15, -0.1) is 0 Å². The largest absolute Gasteiger partial charge is 0.496 e. The van der Waals surface area contributed by atoms with Gasteiger partial charge in [0.1, 0.15) is 5.75 Å². The molecule has 0 amide bonds. The lowest BCUT2D eigenvalue weighted by molar-refractivity contribution is 0.218. The number of methoxy groups -OCH3 is 1. The third-order valence-corrected chi connectivity index (χ3v) is 4.55. The molecule has 1 aromatic rings. The normalized spacial score (nSPS) is 15.8. The highest BCUT2D eigenvalue weighted by Crippen LogP contribution is 2.28. The van der Waals surface area contributed by atoms with Gasteiger partial charge >= 0.3 is 0 Å². The average molecular weight is 357 g/mol. The minimum Gasteiger partial charge on any atom is -0.496 e. The van der Waals surface area contributed by atoms with E-state index in [-0.39, 0.29) is 0 Å². The van der Waals surface area contributed by atoms with Crippen LogP contribution in [0.25, 0.3) is 0 Å². The van der Waals surface area contributed by atoms with Crippen LogP contribution in [0.1, 0.15) is 31.2 Å². The number of hydrogen-bond acceptors (Lipinski definition) is 3. The molecule has 0 atom stereocenters. The zero-order valence-corrected chi connectivity index (χ0v) is 14.2. The third kappa shape index (κ3) is 4.17. The van der Waals surface area contributed by atoms with E-state index < -0.39 is 0 Å². The van der Waals surface area contributed by atoms with Crippen LogP contribution >= 0.6 is 28.1 Å². The van der Waals surface area contributed by atoms with Gasteiger partial charge in [-0.05, 0) is 46.5 Å². The van der Waals surface area contributed by atoms with Crippen molar-refractivity contribution in [2.75, 3.05) is 13.7 Å². The monoisotopic (exact) mass is 356 g/mol. The van der Waals surface area contributed by atoms with Crippen molar-refractivity contribution >= 4 is 33.1 Å². The molecule has 0 spiro atoms. The van der Waals surface area contributed by atoms with Crippen molar-refractivity contribution < 1.29 is 4.74 Å². The summed E-state index contributed by atoms with van der Waals surface area (Å²) in [5.74, 6) is 0.857. The maximum atomic E-state index is 5.75. The molecule has 3 nitrogen and oxygen atoms in total. The molecule has 5 heteroatoms. The molecule has 20 heavy (non-hydrogen) atoms. The summed E-state index contributed by atoms with van der Waals surface area (Å²) in [4.78, 5) is 2.98. The third-order valence-electron chi connectivity index (χ3n) is 3.80. The van der Waals surface area contributed by atoms with Crippen molar-refractivity contribution in [1.29, 1.82) is 0 Å². The predicted molar refractivity (Wildman–Crippen MR) is 90.1 cm³/mol. The molecule has 1 saturated carbocycles. The molecule has 2 rings (SSSR count). The molecule has 110 valence electrons. The summed E-state index contributed by atoms with van der Waals surface area (Å²) in [5, 5.41) is 0. The second-order valence-electron chi connectivity index (χ2n) is 5.28. The molecule has 0 heterocycles. The van der Waals surface area contributed by atoms with E-state index in [1.807, 2.05) is 6.07 Å². The summed E-state index contributed by atoms with van der Waals surface area (Å²) in [7, 11) is 1.68. The lowest BCUT2D eigenvalue weighted by Gasteiger charge is -2.28. The Morgan fingerprint density at radius 2 is 2.15 bits per heavy atom. The fourth-order valence-electron chi connectivity index (χ4n) is 2.83. The van der Waals surface area contributed by atoms with E-state index in [2.05, 4.69) is 33.0 Å². The maximum Gasteiger partial charge on any atom is 0.133 e. The van der Waals surface area contributed by atoms with Gasteiger partial charge in [-0.25, -0.2) is 0 Å². The van der Waals surface area contributed by atoms with Crippen LogP contribution < -0.4 is 10.5 Å². The van der Waals surface area contributed by atoms with E-state index in [4.69, 9.17) is 22.7 Å². The van der Waals surface area contributed by atoms with Crippen molar-refractivity contribution in [2.24, 2.45) is 5.73 Å². The highest BCUT2D eigenvalue weighted by Gasteiger charge is 2.23. The minimum atomic E-state index is 0.574. The van der Waals surface area contributed by atoms with Crippen LogP contribution in [0.4, 0.5) is 0 Å². The second kappa shape index (κ2) is 7.38. The summed E-state index contributed by atoms with van der Waals surface area (Å²) in [6.45, 7) is 1.58. The Morgan fingerprint density at radius 3 is 2.70 bits per heavy atom. The summed E-state index contributed by atoms with van der Waals surface area (Å²) in [6.07, 6.45) is 5.12. The first-order valence-electron chi connectivity index (χ1n) is 6.95. The van der Waals surface area contributed by atoms with Crippen LogP contribution in [-0.4, -0.2) is 29.6 Å². The molecule has 0 bridgehead atoms. The minimum absolute atomic E-state index is 0.574. The van der Waals surface area contributed by atoms with Crippen molar-refractivity contribution in [3.05, 3.63) is 28.2 Å². The van der Waals surface area contributed by atoms with Gasteiger partial charge in [0.2, 0.25) is 0 Å². The van der Waals surface area contributed by atoms with Crippen molar-refractivity contribution in [2.45, 2.75) is 38.3 Å². The van der Waals surface area contributed by atoms with Crippen LogP contribution in [0, 0.1) is 0 Å². The van der Waals surface area contributed by atoms with Gasteiger partial charge in [-0.1, -0.05) is 31.1 Å². The van der Waals surface area contributed by atoms with Crippen molar-refractivity contribution in [3.8, 4) is 5.75 Å². The molecule has 2 N–H and O–H groups in total. The molecule has 1 aromatic carbocycles. The molecule has 1 fully saturated rings. The van der Waals surface area contributed by atoms with Crippen molar-refractivity contribution in [3.63, 3.8) is 0 Å². The molecule has 1 aliphatic carbocycles. The first-order chi connectivity index (χ1) is 9.60. The molecule has 0 saturated heterocycles. The molecule has 0 aliphatic heterocycles. The molecule has 0 radical (unpaired) electrons. The average Bonchev–Trinajstić information content (AvgIpc) is 2.91. The highest BCUT2D eigenvalue weighted by molar-refractivity contribution is 9.10. The fraction of sp³-hybridized carbons (Fsp3) is 0.533. The van der Waals surface area contributed by atoms with E-state index in [1.54, 1.807) is 7.11 Å². The number of nitrogens with zero attached hydrogens (tertiary/aromatic N) is 1.